The molecule has 0 saturated carbocycles. The van der Waals surface area contributed by atoms with Crippen LogP contribution in [0, 0.1) is 11.8 Å². The van der Waals surface area contributed by atoms with E-state index < -0.39 is 40.9 Å². The summed E-state index contributed by atoms with van der Waals surface area (Å²) in [7, 11) is 0. The van der Waals surface area contributed by atoms with E-state index in [9.17, 15) is 24.9 Å². The number of aliphatic hydroxyl groups is 3. The first-order valence-electron chi connectivity index (χ1n) is 8.63. The molecule has 0 saturated heterocycles. The summed E-state index contributed by atoms with van der Waals surface area (Å²) in [6.07, 6.45) is 2.31. The summed E-state index contributed by atoms with van der Waals surface area (Å²) in [5.74, 6) is -3.40. The van der Waals surface area contributed by atoms with Crippen molar-refractivity contribution in [3.63, 3.8) is 0 Å². The van der Waals surface area contributed by atoms with Gasteiger partial charge in [-0.2, -0.15) is 0 Å². The third-order valence-electron chi connectivity index (χ3n) is 4.50. The maximum Gasteiger partial charge on any atom is 0.176 e. The SMILES string of the molecule is CC(C)=CCC1C(=O)C(C(=O)C(C)C)=C(O)[C@@]1(O)[C@@H](O)CC=C(C)C. The van der Waals surface area contributed by atoms with Crippen LogP contribution in [0.1, 0.15) is 54.4 Å². The predicted molar refractivity (Wildman–Crippen MR) is 97.0 cm³/mol. The molecule has 5 nitrogen and oxygen atoms in total. The Labute approximate surface area is 149 Å². The molecule has 0 fully saturated rings. The molecule has 25 heavy (non-hydrogen) atoms. The van der Waals surface area contributed by atoms with Crippen molar-refractivity contribution in [3.8, 4) is 0 Å². The minimum absolute atomic E-state index is 0.0741. The Kier molecular flexibility index (Phi) is 6.91. The maximum atomic E-state index is 12.8. The number of hydrogen-bond donors (Lipinski definition) is 3. The lowest BCUT2D eigenvalue weighted by Gasteiger charge is -2.33. The van der Waals surface area contributed by atoms with E-state index in [1.54, 1.807) is 26.0 Å². The average molecular weight is 350 g/mol. The standard InChI is InChI=1S/C20H30O5/c1-11(2)7-9-14-18(23)16(17(22)13(5)6)19(24)20(14,25)15(21)10-8-12(3)4/h7-8,13-15,21,24-25H,9-10H2,1-6H3/t14?,15-,20-/m0/s1. The molecule has 0 amide bonds. The largest absolute Gasteiger partial charge is 0.508 e. The van der Waals surface area contributed by atoms with Crippen LogP contribution in [0.2, 0.25) is 0 Å². The van der Waals surface area contributed by atoms with Crippen LogP contribution in [0.5, 0.6) is 0 Å². The van der Waals surface area contributed by atoms with Gasteiger partial charge in [-0.1, -0.05) is 37.1 Å². The third kappa shape index (κ3) is 4.28. The number of Topliss-reactive ketones (excluding diaryl/α,β-unsaturated/α-hetero) is 2. The molecule has 3 atom stereocenters. The first kappa shape index (κ1) is 21.3. The number of allylic oxidation sites excluding steroid dienone is 4. The van der Waals surface area contributed by atoms with Crippen LogP contribution in [0.15, 0.2) is 34.6 Å². The number of carbonyl (C=O) groups is 2. The fourth-order valence-electron chi connectivity index (χ4n) is 2.94. The van der Waals surface area contributed by atoms with Gasteiger partial charge in [0.25, 0.3) is 0 Å². The molecule has 1 unspecified atom stereocenters. The van der Waals surface area contributed by atoms with Gasteiger partial charge >= 0.3 is 0 Å². The van der Waals surface area contributed by atoms with Crippen molar-refractivity contribution in [1.29, 1.82) is 0 Å². The van der Waals surface area contributed by atoms with Crippen LogP contribution in [0.3, 0.4) is 0 Å². The molecular formula is C20H30O5. The molecular weight excluding hydrogens is 320 g/mol. The van der Waals surface area contributed by atoms with Crippen molar-refractivity contribution in [2.75, 3.05) is 0 Å². The highest BCUT2D eigenvalue weighted by Gasteiger charge is 2.58. The highest BCUT2D eigenvalue weighted by atomic mass is 16.4. The number of rotatable bonds is 7. The lowest BCUT2D eigenvalue weighted by molar-refractivity contribution is -0.134. The van der Waals surface area contributed by atoms with Gasteiger partial charge in [0, 0.05) is 5.92 Å². The Morgan fingerprint density at radius 3 is 2.12 bits per heavy atom. The molecule has 0 radical (unpaired) electrons. The second kappa shape index (κ2) is 8.11. The second-order valence-corrected chi connectivity index (χ2v) is 7.53. The lowest BCUT2D eigenvalue weighted by atomic mass is 9.80. The van der Waals surface area contributed by atoms with Crippen LogP contribution in [0.25, 0.3) is 0 Å². The smallest absolute Gasteiger partial charge is 0.176 e. The Morgan fingerprint density at radius 1 is 1.16 bits per heavy atom. The normalized spacial score (nSPS) is 24.5. The highest BCUT2D eigenvalue weighted by Crippen LogP contribution is 2.43. The quantitative estimate of drug-likeness (QED) is 0.484. The van der Waals surface area contributed by atoms with Gasteiger partial charge in [0.05, 0.1) is 12.0 Å². The number of hydrogen-bond acceptors (Lipinski definition) is 5. The van der Waals surface area contributed by atoms with Gasteiger partial charge in [0.2, 0.25) is 0 Å². The van der Waals surface area contributed by atoms with Gasteiger partial charge in [-0.3, -0.25) is 9.59 Å². The van der Waals surface area contributed by atoms with Crippen LogP contribution in [-0.2, 0) is 9.59 Å². The molecule has 0 bridgehead atoms. The van der Waals surface area contributed by atoms with Gasteiger partial charge in [0.1, 0.15) is 11.3 Å². The molecule has 0 aromatic carbocycles. The van der Waals surface area contributed by atoms with E-state index in [0.717, 1.165) is 11.1 Å². The average Bonchev–Trinajstić information content (AvgIpc) is 2.69. The van der Waals surface area contributed by atoms with Gasteiger partial charge in [-0.15, -0.1) is 0 Å². The molecule has 0 spiro atoms. The van der Waals surface area contributed by atoms with Crippen molar-refractivity contribution in [2.45, 2.75) is 66.1 Å². The fourth-order valence-corrected chi connectivity index (χ4v) is 2.94. The Hall–Kier alpha value is -1.72. The summed E-state index contributed by atoms with van der Waals surface area (Å²) in [4.78, 5) is 25.1. The molecule has 0 aromatic heterocycles. The zero-order valence-electron chi connectivity index (χ0n) is 16.0. The summed E-state index contributed by atoms with van der Waals surface area (Å²) < 4.78 is 0. The Bertz CT molecular complexity index is 630. The van der Waals surface area contributed by atoms with E-state index in [1.165, 1.54) is 0 Å². The minimum Gasteiger partial charge on any atom is -0.508 e. The molecule has 0 heterocycles. The van der Waals surface area contributed by atoms with Crippen molar-refractivity contribution in [3.05, 3.63) is 34.6 Å². The van der Waals surface area contributed by atoms with Crippen LogP contribution < -0.4 is 0 Å². The lowest BCUT2D eigenvalue weighted by Crippen LogP contribution is -2.49. The first-order chi connectivity index (χ1) is 11.4. The zero-order valence-corrected chi connectivity index (χ0v) is 16.0. The first-order valence-corrected chi connectivity index (χ1v) is 8.63. The van der Waals surface area contributed by atoms with Crippen LogP contribution in [0.4, 0.5) is 0 Å². The van der Waals surface area contributed by atoms with E-state index in [1.807, 2.05) is 27.7 Å². The monoisotopic (exact) mass is 350 g/mol. The summed E-state index contributed by atoms with van der Waals surface area (Å²) in [5, 5.41) is 32.2. The summed E-state index contributed by atoms with van der Waals surface area (Å²) in [5.41, 5.74) is -0.651. The molecule has 0 aromatic rings. The third-order valence-corrected chi connectivity index (χ3v) is 4.50. The van der Waals surface area contributed by atoms with Crippen molar-refractivity contribution in [2.24, 2.45) is 11.8 Å². The minimum atomic E-state index is -2.16. The van der Waals surface area contributed by atoms with E-state index in [2.05, 4.69) is 0 Å². The van der Waals surface area contributed by atoms with Crippen molar-refractivity contribution >= 4 is 11.6 Å². The maximum absolute atomic E-state index is 12.8. The molecule has 0 aliphatic heterocycles. The van der Waals surface area contributed by atoms with E-state index in [4.69, 9.17) is 0 Å². The van der Waals surface area contributed by atoms with Gasteiger partial charge in [0.15, 0.2) is 17.2 Å². The van der Waals surface area contributed by atoms with Gasteiger partial charge in [-0.05, 0) is 40.5 Å². The van der Waals surface area contributed by atoms with Gasteiger partial charge < -0.3 is 15.3 Å². The zero-order chi connectivity index (χ0) is 19.5. The molecule has 1 aliphatic rings. The fraction of sp³-hybridized carbons (Fsp3) is 0.600. The van der Waals surface area contributed by atoms with Crippen LogP contribution >= 0.6 is 0 Å². The van der Waals surface area contributed by atoms with Crippen LogP contribution in [-0.4, -0.2) is 38.6 Å². The Balaban J connectivity index is 3.42. The molecule has 3 N–H and O–H groups in total. The van der Waals surface area contributed by atoms with E-state index in [0.29, 0.717) is 0 Å². The Morgan fingerprint density at radius 2 is 1.68 bits per heavy atom. The molecule has 140 valence electrons. The topological polar surface area (TPSA) is 94.8 Å². The predicted octanol–water partition coefficient (Wildman–Crippen LogP) is 3.03. The number of ketones is 2. The van der Waals surface area contributed by atoms with Crippen molar-refractivity contribution < 1.29 is 24.9 Å². The van der Waals surface area contributed by atoms with Gasteiger partial charge in [-0.25, -0.2) is 0 Å². The molecule has 1 aliphatic carbocycles. The summed E-state index contributed by atoms with van der Waals surface area (Å²) in [6, 6.07) is 0. The summed E-state index contributed by atoms with van der Waals surface area (Å²) in [6.45, 7) is 10.6. The van der Waals surface area contributed by atoms with E-state index in [-0.39, 0.29) is 18.4 Å². The number of carbonyl (C=O) groups excluding carboxylic acids is 2. The molecule has 1 rings (SSSR count). The summed E-state index contributed by atoms with van der Waals surface area (Å²) >= 11 is 0. The second-order valence-electron chi connectivity index (χ2n) is 7.53. The van der Waals surface area contributed by atoms with Crippen molar-refractivity contribution in [1.82, 2.24) is 0 Å². The number of aliphatic hydroxyl groups excluding tert-OH is 2. The molecule has 5 heteroatoms. The highest BCUT2D eigenvalue weighted by molar-refractivity contribution is 6.24. The van der Waals surface area contributed by atoms with E-state index >= 15 is 0 Å².